The predicted molar refractivity (Wildman–Crippen MR) is 109 cm³/mol. The number of hydrogen-bond donors (Lipinski definition) is 1. The average Bonchev–Trinajstić information content (AvgIpc) is 3.20. The van der Waals surface area contributed by atoms with Gasteiger partial charge in [-0.15, -0.1) is 0 Å². The number of para-hydroxylation sites is 1. The Bertz CT molecular complexity index is 898. The molecule has 0 saturated carbocycles. The highest BCUT2D eigenvalue weighted by Crippen LogP contribution is 2.23. The van der Waals surface area contributed by atoms with Crippen molar-refractivity contribution >= 4 is 29.3 Å². The lowest BCUT2D eigenvalue weighted by Crippen LogP contribution is -2.43. The molecule has 2 saturated heterocycles. The van der Waals surface area contributed by atoms with Crippen molar-refractivity contribution in [1.29, 1.82) is 0 Å². The highest BCUT2D eigenvalue weighted by atomic mass is 16.6. The number of likely N-dealkylation sites (tertiary alicyclic amines) is 1. The van der Waals surface area contributed by atoms with E-state index in [0.717, 1.165) is 18.5 Å². The third-order valence-corrected chi connectivity index (χ3v) is 5.31. The van der Waals surface area contributed by atoms with Crippen LogP contribution in [0.25, 0.3) is 0 Å². The van der Waals surface area contributed by atoms with Gasteiger partial charge in [-0.1, -0.05) is 18.2 Å². The third kappa shape index (κ3) is 4.23. The topological polar surface area (TPSA) is 79.0 Å². The van der Waals surface area contributed by atoms with Crippen molar-refractivity contribution in [1.82, 2.24) is 4.90 Å². The first kappa shape index (κ1) is 19.0. The first-order valence-corrected chi connectivity index (χ1v) is 9.81. The molecule has 0 aromatic heterocycles. The summed E-state index contributed by atoms with van der Waals surface area (Å²) >= 11 is 0. The maximum atomic E-state index is 12.9. The van der Waals surface area contributed by atoms with Crippen molar-refractivity contribution in [2.45, 2.75) is 12.8 Å². The van der Waals surface area contributed by atoms with E-state index in [9.17, 15) is 14.4 Å². The Hall–Kier alpha value is -3.35. The molecule has 1 unspecified atom stereocenters. The van der Waals surface area contributed by atoms with Crippen LogP contribution in [-0.2, 0) is 9.53 Å². The smallest absolute Gasteiger partial charge is 0.414 e. The van der Waals surface area contributed by atoms with Gasteiger partial charge < -0.3 is 15.0 Å². The molecule has 0 spiro atoms. The summed E-state index contributed by atoms with van der Waals surface area (Å²) in [6, 6.07) is 16.3. The molecule has 2 aliphatic heterocycles. The molecule has 1 N–H and O–H groups in total. The van der Waals surface area contributed by atoms with Gasteiger partial charge in [0.2, 0.25) is 5.91 Å². The number of ether oxygens (including phenoxy) is 1. The number of carbonyl (C=O) groups is 3. The van der Waals surface area contributed by atoms with E-state index >= 15 is 0 Å². The quantitative estimate of drug-likeness (QED) is 0.866. The van der Waals surface area contributed by atoms with Crippen LogP contribution in [0.4, 0.5) is 16.2 Å². The fraction of sp³-hybridized carbons (Fsp3) is 0.318. The Kier molecular flexibility index (Phi) is 5.46. The van der Waals surface area contributed by atoms with Crippen molar-refractivity contribution < 1.29 is 19.1 Å². The van der Waals surface area contributed by atoms with Gasteiger partial charge in [-0.3, -0.25) is 14.5 Å². The lowest BCUT2D eigenvalue weighted by Gasteiger charge is -2.32. The van der Waals surface area contributed by atoms with E-state index in [-0.39, 0.29) is 23.8 Å². The van der Waals surface area contributed by atoms with Crippen LogP contribution in [0.5, 0.6) is 0 Å². The van der Waals surface area contributed by atoms with Gasteiger partial charge in [-0.05, 0) is 49.2 Å². The number of piperidine rings is 1. The number of nitrogens with one attached hydrogen (secondary N) is 1. The molecule has 2 fully saturated rings. The fourth-order valence-electron chi connectivity index (χ4n) is 3.74. The molecule has 2 aromatic rings. The Morgan fingerprint density at radius 1 is 1.00 bits per heavy atom. The largest absolute Gasteiger partial charge is 0.447 e. The second-order valence-electron chi connectivity index (χ2n) is 7.26. The number of benzene rings is 2. The summed E-state index contributed by atoms with van der Waals surface area (Å²) in [5.74, 6) is -0.388. The van der Waals surface area contributed by atoms with Gasteiger partial charge in [0.1, 0.15) is 6.61 Å². The molecular weight excluding hydrogens is 370 g/mol. The zero-order valence-corrected chi connectivity index (χ0v) is 16.0. The minimum Gasteiger partial charge on any atom is -0.447 e. The van der Waals surface area contributed by atoms with E-state index in [1.165, 1.54) is 0 Å². The lowest BCUT2D eigenvalue weighted by atomic mass is 9.96. The van der Waals surface area contributed by atoms with Crippen LogP contribution in [0.1, 0.15) is 23.2 Å². The van der Waals surface area contributed by atoms with Crippen LogP contribution in [0.15, 0.2) is 54.6 Å². The van der Waals surface area contributed by atoms with E-state index < -0.39 is 0 Å². The summed E-state index contributed by atoms with van der Waals surface area (Å²) in [5.41, 5.74) is 2.02. The Labute approximate surface area is 169 Å². The summed E-state index contributed by atoms with van der Waals surface area (Å²) in [4.78, 5) is 40.4. The number of amides is 3. The summed E-state index contributed by atoms with van der Waals surface area (Å²) in [6.45, 7) is 1.92. The molecular formula is C22H23N3O4. The number of rotatable bonds is 4. The molecule has 7 heteroatoms. The van der Waals surface area contributed by atoms with Gasteiger partial charge in [0.05, 0.1) is 12.5 Å². The second-order valence-corrected chi connectivity index (χ2v) is 7.26. The maximum absolute atomic E-state index is 12.9. The van der Waals surface area contributed by atoms with Gasteiger partial charge in [0, 0.05) is 30.0 Å². The van der Waals surface area contributed by atoms with E-state index in [4.69, 9.17) is 4.74 Å². The molecule has 2 heterocycles. The Morgan fingerprint density at radius 3 is 2.45 bits per heavy atom. The zero-order chi connectivity index (χ0) is 20.2. The number of carbonyl (C=O) groups excluding carboxylic acids is 3. The zero-order valence-electron chi connectivity index (χ0n) is 16.0. The van der Waals surface area contributed by atoms with Gasteiger partial charge in [0.15, 0.2) is 0 Å². The minimum absolute atomic E-state index is 0.0587. The molecule has 4 rings (SSSR count). The van der Waals surface area contributed by atoms with Crippen LogP contribution in [-0.4, -0.2) is 49.0 Å². The van der Waals surface area contributed by atoms with Crippen molar-refractivity contribution in [2.75, 3.05) is 36.5 Å². The first-order chi connectivity index (χ1) is 14.1. The van der Waals surface area contributed by atoms with Crippen LogP contribution in [0.2, 0.25) is 0 Å². The van der Waals surface area contributed by atoms with E-state index in [2.05, 4.69) is 5.32 Å². The molecule has 0 radical (unpaired) electrons. The number of cyclic esters (lactones) is 1. The van der Waals surface area contributed by atoms with Crippen LogP contribution < -0.4 is 10.2 Å². The molecule has 2 aromatic carbocycles. The van der Waals surface area contributed by atoms with Crippen molar-refractivity contribution in [3.05, 3.63) is 60.2 Å². The van der Waals surface area contributed by atoms with Gasteiger partial charge in [-0.2, -0.15) is 0 Å². The molecule has 3 amide bonds. The van der Waals surface area contributed by atoms with E-state index in [1.54, 1.807) is 34.1 Å². The molecule has 150 valence electrons. The SMILES string of the molecule is O=C(Nc1ccccc1)C1CCCN(C(=O)c2ccc(N3CCOC3=O)cc2)C1. The fourth-order valence-corrected chi connectivity index (χ4v) is 3.74. The summed E-state index contributed by atoms with van der Waals surface area (Å²) in [7, 11) is 0. The molecule has 1 atom stereocenters. The number of hydrogen-bond acceptors (Lipinski definition) is 4. The molecule has 29 heavy (non-hydrogen) atoms. The average molecular weight is 393 g/mol. The highest BCUT2D eigenvalue weighted by molar-refractivity contribution is 5.97. The van der Waals surface area contributed by atoms with Crippen LogP contribution in [0.3, 0.4) is 0 Å². The van der Waals surface area contributed by atoms with Gasteiger partial charge >= 0.3 is 6.09 Å². The highest BCUT2D eigenvalue weighted by Gasteiger charge is 2.29. The molecule has 0 bridgehead atoms. The summed E-state index contributed by atoms with van der Waals surface area (Å²) in [5, 5.41) is 2.93. The van der Waals surface area contributed by atoms with Gasteiger partial charge in [-0.25, -0.2) is 4.79 Å². The van der Waals surface area contributed by atoms with E-state index in [0.29, 0.717) is 37.5 Å². The van der Waals surface area contributed by atoms with Crippen LogP contribution >= 0.6 is 0 Å². The van der Waals surface area contributed by atoms with Crippen molar-refractivity contribution in [2.24, 2.45) is 5.92 Å². The maximum Gasteiger partial charge on any atom is 0.414 e. The number of nitrogens with zero attached hydrogens (tertiary/aromatic N) is 2. The lowest BCUT2D eigenvalue weighted by molar-refractivity contribution is -0.121. The summed E-state index contributed by atoms with van der Waals surface area (Å²) < 4.78 is 4.94. The second kappa shape index (κ2) is 8.34. The van der Waals surface area contributed by atoms with E-state index in [1.807, 2.05) is 30.3 Å². The Balaban J connectivity index is 1.39. The standard InChI is InChI=1S/C22H23N3O4/c26-20(23-18-6-2-1-3-7-18)17-5-4-12-24(15-17)21(27)16-8-10-19(11-9-16)25-13-14-29-22(25)28/h1-3,6-11,17H,4-5,12-15H2,(H,23,26). The minimum atomic E-state index is -0.368. The predicted octanol–water partition coefficient (Wildman–Crippen LogP) is 3.13. The summed E-state index contributed by atoms with van der Waals surface area (Å²) in [6.07, 6.45) is 1.18. The first-order valence-electron chi connectivity index (χ1n) is 9.81. The normalized spacial score (nSPS) is 19.0. The van der Waals surface area contributed by atoms with Crippen LogP contribution in [0, 0.1) is 5.92 Å². The third-order valence-electron chi connectivity index (χ3n) is 5.31. The molecule has 7 nitrogen and oxygen atoms in total. The molecule has 0 aliphatic carbocycles. The number of anilines is 2. The van der Waals surface area contributed by atoms with Crippen molar-refractivity contribution in [3.63, 3.8) is 0 Å². The Morgan fingerprint density at radius 2 is 1.76 bits per heavy atom. The van der Waals surface area contributed by atoms with Gasteiger partial charge in [0.25, 0.3) is 5.91 Å². The monoisotopic (exact) mass is 393 g/mol. The molecule has 2 aliphatic rings. The van der Waals surface area contributed by atoms with Crippen molar-refractivity contribution in [3.8, 4) is 0 Å².